The SMILES string of the molecule is Cc1cc(Cn2c(CCl)nc3c(C)nn(C)c32)sc1C. The first kappa shape index (κ1) is 13.6. The summed E-state index contributed by atoms with van der Waals surface area (Å²) >= 11 is 7.89. The van der Waals surface area contributed by atoms with Gasteiger partial charge in [-0.3, -0.25) is 4.68 Å². The minimum atomic E-state index is 0.414. The van der Waals surface area contributed by atoms with E-state index < -0.39 is 0 Å². The van der Waals surface area contributed by atoms with E-state index in [1.54, 1.807) is 0 Å². The van der Waals surface area contributed by atoms with E-state index in [0.717, 1.165) is 29.2 Å². The number of alkyl halides is 1. The lowest BCUT2D eigenvalue weighted by Gasteiger charge is -2.06. The van der Waals surface area contributed by atoms with E-state index in [4.69, 9.17) is 11.6 Å². The Kier molecular flexibility index (Phi) is 3.34. The fourth-order valence-corrected chi connectivity index (χ4v) is 3.78. The molecule has 0 unspecified atom stereocenters. The van der Waals surface area contributed by atoms with Crippen molar-refractivity contribution < 1.29 is 0 Å². The van der Waals surface area contributed by atoms with E-state index >= 15 is 0 Å². The number of rotatable bonds is 3. The number of hydrogen-bond acceptors (Lipinski definition) is 3. The number of thiophene rings is 1. The molecule has 0 aliphatic heterocycles. The maximum absolute atomic E-state index is 6.06. The monoisotopic (exact) mass is 308 g/mol. The van der Waals surface area contributed by atoms with Crippen LogP contribution in [-0.4, -0.2) is 19.3 Å². The van der Waals surface area contributed by atoms with Gasteiger partial charge in [-0.2, -0.15) is 5.10 Å². The Hall–Kier alpha value is -1.33. The molecule has 0 aliphatic rings. The first-order chi connectivity index (χ1) is 9.51. The number of hydrogen-bond donors (Lipinski definition) is 0. The molecule has 0 aromatic carbocycles. The van der Waals surface area contributed by atoms with E-state index in [-0.39, 0.29) is 0 Å². The largest absolute Gasteiger partial charge is 0.307 e. The Labute approximate surface area is 127 Å². The summed E-state index contributed by atoms with van der Waals surface area (Å²) in [6, 6.07) is 2.24. The van der Waals surface area contributed by atoms with Crippen LogP contribution in [0.25, 0.3) is 11.2 Å². The first-order valence-electron chi connectivity index (χ1n) is 6.52. The summed E-state index contributed by atoms with van der Waals surface area (Å²) < 4.78 is 4.06. The number of halogens is 1. The molecule has 3 rings (SSSR count). The van der Waals surface area contributed by atoms with Gasteiger partial charge < -0.3 is 4.57 Å². The molecule has 3 heterocycles. The standard InChI is InChI=1S/C14H17ClN4S/c1-8-5-11(20-10(8)3)7-19-12(6-15)16-13-9(2)17-18(4)14(13)19/h5H,6-7H2,1-4H3. The molecule has 0 bridgehead atoms. The molecule has 0 fully saturated rings. The molecule has 0 spiro atoms. The normalized spacial score (nSPS) is 11.7. The lowest BCUT2D eigenvalue weighted by atomic mass is 10.3. The quantitative estimate of drug-likeness (QED) is 0.694. The van der Waals surface area contributed by atoms with Crippen molar-refractivity contribution in [1.29, 1.82) is 0 Å². The van der Waals surface area contributed by atoms with Crippen LogP contribution in [0.4, 0.5) is 0 Å². The van der Waals surface area contributed by atoms with Crippen molar-refractivity contribution in [2.45, 2.75) is 33.2 Å². The van der Waals surface area contributed by atoms with Crippen LogP contribution >= 0.6 is 22.9 Å². The highest BCUT2D eigenvalue weighted by Gasteiger charge is 2.17. The zero-order valence-electron chi connectivity index (χ0n) is 12.1. The van der Waals surface area contributed by atoms with Gasteiger partial charge in [0, 0.05) is 16.8 Å². The van der Waals surface area contributed by atoms with E-state index in [9.17, 15) is 0 Å². The van der Waals surface area contributed by atoms with Crippen LogP contribution in [0.1, 0.15) is 26.8 Å². The Morgan fingerprint density at radius 2 is 2.05 bits per heavy atom. The highest BCUT2D eigenvalue weighted by atomic mass is 35.5. The van der Waals surface area contributed by atoms with Crippen molar-refractivity contribution >= 4 is 34.1 Å². The van der Waals surface area contributed by atoms with Gasteiger partial charge in [-0.1, -0.05) is 0 Å². The third kappa shape index (κ3) is 2.05. The van der Waals surface area contributed by atoms with Crippen LogP contribution in [0.15, 0.2) is 6.07 Å². The summed E-state index contributed by atoms with van der Waals surface area (Å²) in [4.78, 5) is 7.32. The maximum atomic E-state index is 6.06. The van der Waals surface area contributed by atoms with Gasteiger partial charge in [0.05, 0.1) is 18.1 Å². The van der Waals surface area contributed by atoms with Crippen molar-refractivity contribution in [2.75, 3.05) is 0 Å². The highest BCUT2D eigenvalue weighted by Crippen LogP contribution is 2.25. The smallest absolute Gasteiger partial charge is 0.159 e. The zero-order valence-corrected chi connectivity index (χ0v) is 13.6. The zero-order chi connectivity index (χ0) is 14.4. The molecule has 0 saturated carbocycles. The molecular formula is C14H17ClN4S. The van der Waals surface area contributed by atoms with E-state index in [0.29, 0.717) is 5.88 Å². The molecular weight excluding hydrogens is 292 g/mol. The third-order valence-corrected chi connectivity index (χ3v) is 5.00. The summed E-state index contributed by atoms with van der Waals surface area (Å²) in [6.45, 7) is 7.09. The average molecular weight is 309 g/mol. The fourth-order valence-electron chi connectivity index (χ4n) is 2.53. The molecule has 0 amide bonds. The van der Waals surface area contributed by atoms with E-state index in [2.05, 4.69) is 34.6 Å². The fraction of sp³-hybridized carbons (Fsp3) is 0.429. The van der Waals surface area contributed by atoms with Crippen LogP contribution < -0.4 is 0 Å². The Morgan fingerprint density at radius 3 is 2.65 bits per heavy atom. The molecule has 3 aromatic rings. The second-order valence-corrected chi connectivity index (χ2v) is 6.69. The topological polar surface area (TPSA) is 35.6 Å². The van der Waals surface area contributed by atoms with Gasteiger partial charge in [0.15, 0.2) is 5.65 Å². The van der Waals surface area contributed by atoms with Gasteiger partial charge in [-0.25, -0.2) is 4.98 Å². The molecule has 6 heteroatoms. The summed E-state index contributed by atoms with van der Waals surface area (Å²) in [7, 11) is 1.95. The van der Waals surface area contributed by atoms with E-state index in [1.165, 1.54) is 15.3 Å². The second kappa shape index (κ2) is 4.90. The Balaban J connectivity index is 2.13. The Morgan fingerprint density at radius 1 is 1.30 bits per heavy atom. The molecule has 0 aliphatic carbocycles. The van der Waals surface area contributed by atoms with Gasteiger partial charge in [-0.15, -0.1) is 22.9 Å². The van der Waals surface area contributed by atoms with Gasteiger partial charge in [-0.05, 0) is 32.4 Å². The van der Waals surface area contributed by atoms with Crippen LogP contribution in [0, 0.1) is 20.8 Å². The number of aromatic nitrogens is 4. The van der Waals surface area contributed by atoms with Gasteiger partial charge in [0.25, 0.3) is 0 Å². The number of fused-ring (bicyclic) bond motifs is 1. The van der Waals surface area contributed by atoms with Crippen LogP contribution in [0.2, 0.25) is 0 Å². The predicted octanol–water partition coefficient (Wildman–Crippen LogP) is 3.54. The number of imidazole rings is 1. The number of aryl methyl sites for hydroxylation is 4. The molecule has 0 radical (unpaired) electrons. The first-order valence-corrected chi connectivity index (χ1v) is 7.87. The van der Waals surface area contributed by atoms with E-state index in [1.807, 2.05) is 30.0 Å². The maximum Gasteiger partial charge on any atom is 0.159 e. The lowest BCUT2D eigenvalue weighted by Crippen LogP contribution is -2.06. The summed E-state index contributed by atoms with van der Waals surface area (Å²) in [5.41, 5.74) is 4.29. The minimum absolute atomic E-state index is 0.414. The van der Waals surface area contributed by atoms with Crippen molar-refractivity contribution in [3.05, 3.63) is 32.9 Å². The number of nitrogens with zero attached hydrogens (tertiary/aromatic N) is 4. The van der Waals surface area contributed by atoms with Crippen LogP contribution in [0.5, 0.6) is 0 Å². The van der Waals surface area contributed by atoms with Gasteiger partial charge >= 0.3 is 0 Å². The van der Waals surface area contributed by atoms with Crippen LogP contribution in [0.3, 0.4) is 0 Å². The van der Waals surface area contributed by atoms with Gasteiger partial charge in [0.2, 0.25) is 0 Å². The van der Waals surface area contributed by atoms with Gasteiger partial charge in [0.1, 0.15) is 11.3 Å². The van der Waals surface area contributed by atoms with Crippen LogP contribution in [-0.2, 0) is 19.5 Å². The molecule has 0 N–H and O–H groups in total. The predicted molar refractivity (Wildman–Crippen MR) is 83.7 cm³/mol. The summed E-state index contributed by atoms with van der Waals surface area (Å²) in [6.07, 6.45) is 0. The summed E-state index contributed by atoms with van der Waals surface area (Å²) in [5.74, 6) is 1.32. The lowest BCUT2D eigenvalue weighted by molar-refractivity contribution is 0.706. The summed E-state index contributed by atoms with van der Waals surface area (Å²) in [5, 5.41) is 4.44. The van der Waals surface area contributed by atoms with Crippen molar-refractivity contribution in [1.82, 2.24) is 19.3 Å². The molecule has 106 valence electrons. The third-order valence-electron chi connectivity index (χ3n) is 3.62. The molecule has 20 heavy (non-hydrogen) atoms. The molecule has 4 nitrogen and oxygen atoms in total. The second-order valence-electron chi connectivity index (χ2n) is 5.08. The molecule has 0 atom stereocenters. The van der Waals surface area contributed by atoms with Crippen molar-refractivity contribution in [2.24, 2.45) is 7.05 Å². The highest BCUT2D eigenvalue weighted by molar-refractivity contribution is 7.12. The van der Waals surface area contributed by atoms with Crippen molar-refractivity contribution in [3.63, 3.8) is 0 Å². The molecule has 0 saturated heterocycles. The average Bonchev–Trinajstić information content (AvgIpc) is 2.99. The molecule has 3 aromatic heterocycles. The Bertz CT molecular complexity index is 761. The minimum Gasteiger partial charge on any atom is -0.307 e. The van der Waals surface area contributed by atoms with Crippen molar-refractivity contribution in [3.8, 4) is 0 Å².